The van der Waals surface area contributed by atoms with Crippen LogP contribution in [0.25, 0.3) is 0 Å². The van der Waals surface area contributed by atoms with Gasteiger partial charge in [-0.2, -0.15) is 0 Å². The fraction of sp³-hybridized carbons (Fsp3) is 0.0833. The monoisotopic (exact) mass is 245 g/mol. The number of phenolic OH excluding ortho intramolecular Hbond substituents is 1. The number of hydrogen-bond donors (Lipinski definition) is 2. The van der Waals surface area contributed by atoms with Gasteiger partial charge in [0, 0.05) is 18.5 Å². The van der Waals surface area contributed by atoms with Crippen molar-refractivity contribution in [3.8, 4) is 17.4 Å². The van der Waals surface area contributed by atoms with E-state index in [0.717, 1.165) is 5.56 Å². The highest BCUT2D eigenvalue weighted by Gasteiger charge is 2.13. The van der Waals surface area contributed by atoms with Gasteiger partial charge in [0.25, 0.3) is 11.8 Å². The van der Waals surface area contributed by atoms with Crippen molar-refractivity contribution in [3.05, 3.63) is 41.9 Å². The van der Waals surface area contributed by atoms with E-state index in [2.05, 4.69) is 9.97 Å². The van der Waals surface area contributed by atoms with E-state index in [0.29, 0.717) is 5.75 Å². The standard InChI is InChI=1S/C12H11N3O3/c1-7-4-8(16)6-9(5-7)18-12-10(11(13)17)14-2-3-15-12/h2-6,16H,1H3,(H2,13,17). The number of nitrogens with two attached hydrogens (primary N) is 1. The van der Waals surface area contributed by atoms with E-state index in [1.807, 2.05) is 0 Å². The number of rotatable bonds is 3. The van der Waals surface area contributed by atoms with Crippen LogP contribution in [0.15, 0.2) is 30.6 Å². The van der Waals surface area contributed by atoms with Gasteiger partial charge in [-0.15, -0.1) is 0 Å². The molecule has 92 valence electrons. The molecule has 1 heterocycles. The number of aromatic nitrogens is 2. The van der Waals surface area contributed by atoms with E-state index in [-0.39, 0.29) is 17.3 Å². The molecular weight excluding hydrogens is 234 g/mol. The van der Waals surface area contributed by atoms with Gasteiger partial charge >= 0.3 is 0 Å². The minimum atomic E-state index is -0.727. The van der Waals surface area contributed by atoms with Crippen LogP contribution in [0.3, 0.4) is 0 Å². The maximum atomic E-state index is 11.1. The lowest BCUT2D eigenvalue weighted by Crippen LogP contribution is -2.14. The number of carbonyl (C=O) groups is 1. The molecule has 2 rings (SSSR count). The van der Waals surface area contributed by atoms with E-state index in [1.165, 1.54) is 18.5 Å². The van der Waals surface area contributed by atoms with Crippen LogP contribution >= 0.6 is 0 Å². The van der Waals surface area contributed by atoms with Crippen molar-refractivity contribution >= 4 is 5.91 Å². The average molecular weight is 245 g/mol. The predicted molar refractivity (Wildman–Crippen MR) is 63.5 cm³/mol. The maximum absolute atomic E-state index is 11.1. The first-order valence-corrected chi connectivity index (χ1v) is 5.15. The second kappa shape index (κ2) is 4.70. The third-order valence-electron chi connectivity index (χ3n) is 2.15. The highest BCUT2D eigenvalue weighted by atomic mass is 16.5. The lowest BCUT2D eigenvalue weighted by molar-refractivity contribution is 0.0992. The number of carbonyl (C=O) groups excluding carboxylic acids is 1. The van der Waals surface area contributed by atoms with E-state index in [1.54, 1.807) is 19.1 Å². The number of nitrogens with zero attached hydrogens (tertiary/aromatic N) is 2. The minimum Gasteiger partial charge on any atom is -0.508 e. The van der Waals surface area contributed by atoms with Gasteiger partial charge in [-0.1, -0.05) is 0 Å². The number of phenols is 1. The summed E-state index contributed by atoms with van der Waals surface area (Å²) in [5.74, 6) is -0.296. The molecule has 0 atom stereocenters. The number of hydrogen-bond acceptors (Lipinski definition) is 5. The second-order valence-electron chi connectivity index (χ2n) is 3.68. The first kappa shape index (κ1) is 11.8. The lowest BCUT2D eigenvalue weighted by atomic mass is 10.2. The molecule has 0 aliphatic carbocycles. The molecule has 0 saturated carbocycles. The van der Waals surface area contributed by atoms with Crippen LogP contribution in [0.5, 0.6) is 17.4 Å². The molecule has 0 fully saturated rings. The van der Waals surface area contributed by atoms with Crippen LogP contribution in [-0.4, -0.2) is 21.0 Å². The fourth-order valence-electron chi connectivity index (χ4n) is 1.47. The van der Waals surface area contributed by atoms with Gasteiger partial charge in [0.15, 0.2) is 5.69 Å². The van der Waals surface area contributed by atoms with Gasteiger partial charge in [-0.25, -0.2) is 9.97 Å². The molecule has 1 aromatic heterocycles. The summed E-state index contributed by atoms with van der Waals surface area (Å²) in [6.07, 6.45) is 2.73. The zero-order valence-corrected chi connectivity index (χ0v) is 9.62. The lowest BCUT2D eigenvalue weighted by Gasteiger charge is -2.08. The average Bonchev–Trinajstić information content (AvgIpc) is 2.27. The van der Waals surface area contributed by atoms with Crippen molar-refractivity contribution < 1.29 is 14.6 Å². The third kappa shape index (κ3) is 2.54. The Labute approximate surface area is 103 Å². The number of amides is 1. The van der Waals surface area contributed by atoms with Crippen molar-refractivity contribution in [2.24, 2.45) is 5.73 Å². The Morgan fingerprint density at radius 3 is 2.67 bits per heavy atom. The third-order valence-corrected chi connectivity index (χ3v) is 2.15. The zero-order chi connectivity index (χ0) is 13.1. The smallest absolute Gasteiger partial charge is 0.272 e. The highest BCUT2D eigenvalue weighted by Crippen LogP contribution is 2.26. The SMILES string of the molecule is Cc1cc(O)cc(Oc2nccnc2C(N)=O)c1. The molecule has 2 aromatic rings. The van der Waals surface area contributed by atoms with E-state index < -0.39 is 5.91 Å². The molecular formula is C12H11N3O3. The fourth-order valence-corrected chi connectivity index (χ4v) is 1.47. The molecule has 0 radical (unpaired) electrons. The van der Waals surface area contributed by atoms with Crippen LogP contribution in [-0.2, 0) is 0 Å². The summed E-state index contributed by atoms with van der Waals surface area (Å²) >= 11 is 0. The van der Waals surface area contributed by atoms with Crippen LogP contribution in [0.4, 0.5) is 0 Å². The molecule has 0 aliphatic heterocycles. The topological polar surface area (TPSA) is 98.3 Å². The first-order valence-electron chi connectivity index (χ1n) is 5.15. The predicted octanol–water partition coefficient (Wildman–Crippen LogP) is 1.38. The summed E-state index contributed by atoms with van der Waals surface area (Å²) in [4.78, 5) is 18.8. The number of benzene rings is 1. The van der Waals surface area contributed by atoms with Gasteiger partial charge in [0.2, 0.25) is 0 Å². The van der Waals surface area contributed by atoms with Gasteiger partial charge < -0.3 is 15.6 Å². The molecule has 1 amide bonds. The molecule has 6 heteroatoms. The van der Waals surface area contributed by atoms with Crippen molar-refractivity contribution in [2.45, 2.75) is 6.92 Å². The minimum absolute atomic E-state index is 0.00926. The largest absolute Gasteiger partial charge is 0.508 e. The number of aryl methyl sites for hydroxylation is 1. The van der Waals surface area contributed by atoms with Gasteiger partial charge in [0.1, 0.15) is 11.5 Å². The Kier molecular flexibility index (Phi) is 3.09. The summed E-state index contributed by atoms with van der Waals surface area (Å²) in [6, 6.07) is 4.68. The molecule has 6 nitrogen and oxygen atoms in total. The van der Waals surface area contributed by atoms with Crippen LogP contribution in [0, 0.1) is 6.92 Å². The number of ether oxygens (including phenoxy) is 1. The van der Waals surface area contributed by atoms with Gasteiger partial charge in [0.05, 0.1) is 0 Å². The van der Waals surface area contributed by atoms with Gasteiger partial charge in [-0.05, 0) is 24.6 Å². The maximum Gasteiger partial charge on any atom is 0.272 e. The molecule has 0 saturated heterocycles. The van der Waals surface area contributed by atoms with Crippen LogP contribution in [0.2, 0.25) is 0 Å². The highest BCUT2D eigenvalue weighted by molar-refractivity contribution is 5.92. The molecule has 18 heavy (non-hydrogen) atoms. The van der Waals surface area contributed by atoms with Crippen molar-refractivity contribution in [3.63, 3.8) is 0 Å². The molecule has 0 bridgehead atoms. The summed E-state index contributed by atoms with van der Waals surface area (Å²) in [5.41, 5.74) is 5.91. The molecule has 1 aromatic carbocycles. The summed E-state index contributed by atoms with van der Waals surface area (Å²) < 4.78 is 5.40. The molecule has 0 spiro atoms. The van der Waals surface area contributed by atoms with Crippen LogP contribution < -0.4 is 10.5 Å². The summed E-state index contributed by atoms with van der Waals surface area (Å²) in [6.45, 7) is 1.80. The van der Waals surface area contributed by atoms with Crippen LogP contribution in [0.1, 0.15) is 16.1 Å². The number of aromatic hydroxyl groups is 1. The first-order chi connectivity index (χ1) is 8.56. The summed E-state index contributed by atoms with van der Waals surface area (Å²) in [7, 11) is 0. The van der Waals surface area contributed by atoms with E-state index in [9.17, 15) is 9.90 Å². The van der Waals surface area contributed by atoms with Crippen molar-refractivity contribution in [1.29, 1.82) is 0 Å². The Balaban J connectivity index is 2.37. The Bertz CT molecular complexity index is 579. The quantitative estimate of drug-likeness (QED) is 0.851. The summed E-state index contributed by atoms with van der Waals surface area (Å²) in [5, 5.41) is 9.44. The Morgan fingerprint density at radius 2 is 2.00 bits per heavy atom. The molecule has 3 N–H and O–H groups in total. The molecule has 0 aliphatic rings. The van der Waals surface area contributed by atoms with Crippen molar-refractivity contribution in [1.82, 2.24) is 9.97 Å². The Hall–Kier alpha value is -2.63. The second-order valence-corrected chi connectivity index (χ2v) is 3.68. The zero-order valence-electron chi connectivity index (χ0n) is 9.62. The number of primary amides is 1. The van der Waals surface area contributed by atoms with E-state index >= 15 is 0 Å². The van der Waals surface area contributed by atoms with Gasteiger partial charge in [-0.3, -0.25) is 4.79 Å². The van der Waals surface area contributed by atoms with Crippen molar-refractivity contribution in [2.75, 3.05) is 0 Å². The normalized spacial score (nSPS) is 10.1. The Morgan fingerprint density at radius 1 is 1.28 bits per heavy atom. The van der Waals surface area contributed by atoms with E-state index in [4.69, 9.17) is 10.5 Å². The molecule has 0 unspecified atom stereocenters.